The van der Waals surface area contributed by atoms with Crippen LogP contribution in [-0.4, -0.2) is 29.3 Å². The Morgan fingerprint density at radius 3 is 2.54 bits per heavy atom. The normalized spacial score (nSPS) is 18.5. The summed E-state index contributed by atoms with van der Waals surface area (Å²) in [5.41, 5.74) is 8.82. The molecule has 2 aliphatic rings. The monoisotopic (exact) mass is 504 g/mol. The first-order valence-corrected chi connectivity index (χ1v) is 14.2. The van der Waals surface area contributed by atoms with E-state index in [0.717, 1.165) is 59.8 Å². The molecular weight excluding hydrogens is 472 g/mol. The fourth-order valence-corrected chi connectivity index (χ4v) is 6.38. The molecule has 0 aliphatic carbocycles. The average Bonchev–Trinajstić information content (AvgIpc) is 3.28. The smallest absolute Gasteiger partial charge is 0.178 e. The highest BCUT2D eigenvalue weighted by Crippen LogP contribution is 2.42. The van der Waals surface area contributed by atoms with Crippen LogP contribution in [-0.2, 0) is 6.42 Å². The summed E-state index contributed by atoms with van der Waals surface area (Å²) in [4.78, 5) is 8.17. The average molecular weight is 505 g/mol. The number of nitrogens with zero attached hydrogens (tertiary/aromatic N) is 2. The molecule has 1 saturated heterocycles. The number of aryl methyl sites for hydroxylation is 1. The molecule has 0 bridgehead atoms. The van der Waals surface area contributed by atoms with Gasteiger partial charge in [-0.1, -0.05) is 60.3 Å². The Bertz CT molecular complexity index is 1120. The highest BCUT2D eigenvalue weighted by atomic mass is 32.2. The number of nitrogens with one attached hydrogen (secondary N) is 1. The van der Waals surface area contributed by atoms with Crippen molar-refractivity contribution in [2.45, 2.75) is 36.1 Å². The van der Waals surface area contributed by atoms with Crippen LogP contribution in [0.2, 0.25) is 0 Å². The van der Waals surface area contributed by atoms with Crippen LogP contribution in [0.1, 0.15) is 24.8 Å². The third kappa shape index (κ3) is 6.41. The van der Waals surface area contributed by atoms with Gasteiger partial charge in [0, 0.05) is 22.5 Å². The molecular formula is C28H32N4OS2. The number of rotatable bonds is 9. The van der Waals surface area contributed by atoms with Gasteiger partial charge in [-0.3, -0.25) is 0 Å². The number of hydrogen-bond donors (Lipinski definition) is 2. The van der Waals surface area contributed by atoms with Crippen LogP contribution in [0.15, 0.2) is 88.9 Å². The van der Waals surface area contributed by atoms with Crippen molar-refractivity contribution in [1.29, 1.82) is 0 Å². The summed E-state index contributed by atoms with van der Waals surface area (Å²) in [6.45, 7) is 2.24. The molecule has 2 aromatic carbocycles. The minimum atomic E-state index is -0.223. The number of piperidine rings is 1. The largest absolute Gasteiger partial charge is 0.453 e. The molecule has 3 N–H and O–H groups in total. The maximum Gasteiger partial charge on any atom is 0.178 e. The van der Waals surface area contributed by atoms with Crippen LogP contribution in [0, 0.1) is 5.92 Å². The molecule has 182 valence electrons. The number of hydrogen-bond acceptors (Lipinski definition) is 7. The Balaban J connectivity index is 1.37. The third-order valence-electron chi connectivity index (χ3n) is 6.37. The molecule has 0 spiro atoms. The number of thioether (sulfide) groups is 2. The fourth-order valence-electron chi connectivity index (χ4n) is 4.41. The van der Waals surface area contributed by atoms with Gasteiger partial charge in [0.25, 0.3) is 0 Å². The van der Waals surface area contributed by atoms with Gasteiger partial charge < -0.3 is 20.7 Å². The molecule has 3 heterocycles. The predicted molar refractivity (Wildman–Crippen MR) is 148 cm³/mol. The van der Waals surface area contributed by atoms with E-state index in [1.807, 2.05) is 48.3 Å². The Morgan fingerprint density at radius 1 is 1.03 bits per heavy atom. The lowest BCUT2D eigenvalue weighted by Gasteiger charge is -2.27. The summed E-state index contributed by atoms with van der Waals surface area (Å²) in [5, 5.41) is 5.62. The fraction of sp³-hybridized carbons (Fsp3) is 0.321. The molecule has 0 radical (unpaired) electrons. The molecule has 5 rings (SSSR count). The molecule has 5 nitrogen and oxygen atoms in total. The van der Waals surface area contributed by atoms with Crippen molar-refractivity contribution < 1.29 is 4.74 Å². The van der Waals surface area contributed by atoms with E-state index in [9.17, 15) is 0 Å². The molecule has 0 saturated carbocycles. The zero-order valence-corrected chi connectivity index (χ0v) is 21.4. The van der Waals surface area contributed by atoms with E-state index in [4.69, 9.17) is 15.5 Å². The van der Waals surface area contributed by atoms with E-state index >= 15 is 0 Å². The van der Waals surface area contributed by atoms with Gasteiger partial charge in [-0.15, -0.1) is 11.8 Å². The molecule has 1 fully saturated rings. The van der Waals surface area contributed by atoms with Gasteiger partial charge in [-0.05, 0) is 73.9 Å². The lowest BCUT2D eigenvalue weighted by molar-refractivity contribution is 0.408. The first-order chi connectivity index (χ1) is 17.3. The van der Waals surface area contributed by atoms with E-state index < -0.39 is 0 Å². The quantitative estimate of drug-likeness (QED) is 0.335. The van der Waals surface area contributed by atoms with Gasteiger partial charge in [0.05, 0.1) is 0 Å². The van der Waals surface area contributed by atoms with Crippen LogP contribution in [0.4, 0.5) is 5.82 Å². The second kappa shape index (κ2) is 12.0. The highest BCUT2D eigenvalue weighted by molar-refractivity contribution is 8.03. The second-order valence-electron chi connectivity index (χ2n) is 8.90. The molecule has 1 atom stereocenters. The van der Waals surface area contributed by atoms with Crippen LogP contribution in [0.3, 0.4) is 0 Å². The van der Waals surface area contributed by atoms with E-state index in [0.29, 0.717) is 0 Å². The Morgan fingerprint density at radius 2 is 1.77 bits per heavy atom. The van der Waals surface area contributed by atoms with Crippen molar-refractivity contribution in [1.82, 2.24) is 10.3 Å². The maximum atomic E-state index is 6.56. The number of para-hydroxylation sites is 1. The number of pyridine rings is 1. The Kier molecular flexibility index (Phi) is 8.31. The van der Waals surface area contributed by atoms with Crippen molar-refractivity contribution in [3.8, 4) is 11.5 Å². The van der Waals surface area contributed by atoms with E-state index in [1.165, 1.54) is 24.1 Å². The predicted octanol–water partition coefficient (Wildman–Crippen LogP) is 6.24. The van der Waals surface area contributed by atoms with Gasteiger partial charge in [-0.25, -0.2) is 4.98 Å². The summed E-state index contributed by atoms with van der Waals surface area (Å²) in [5.74, 6) is 4.17. The number of anilines is 1. The van der Waals surface area contributed by atoms with Crippen molar-refractivity contribution in [2.24, 2.45) is 11.7 Å². The summed E-state index contributed by atoms with van der Waals surface area (Å²) in [7, 11) is 0. The molecule has 35 heavy (non-hydrogen) atoms. The number of aromatic nitrogens is 1. The molecule has 2 aliphatic heterocycles. The lowest BCUT2D eigenvalue weighted by atomic mass is 10.0. The number of nitrogens with two attached hydrogens (primary N) is 1. The number of allylic oxidation sites excluding steroid dienone is 1. The Labute approximate surface area is 216 Å². The lowest BCUT2D eigenvalue weighted by Crippen LogP contribution is -2.36. The van der Waals surface area contributed by atoms with E-state index in [-0.39, 0.29) is 5.50 Å². The number of benzene rings is 2. The van der Waals surface area contributed by atoms with E-state index in [2.05, 4.69) is 52.0 Å². The van der Waals surface area contributed by atoms with Gasteiger partial charge in [-0.2, -0.15) is 0 Å². The van der Waals surface area contributed by atoms with Gasteiger partial charge in [0.1, 0.15) is 11.2 Å². The van der Waals surface area contributed by atoms with Crippen molar-refractivity contribution in [3.05, 3.63) is 89.6 Å². The highest BCUT2D eigenvalue weighted by Gasteiger charge is 2.29. The van der Waals surface area contributed by atoms with Crippen molar-refractivity contribution in [2.75, 3.05) is 23.7 Å². The molecule has 1 unspecified atom stereocenters. The topological polar surface area (TPSA) is 63.4 Å². The maximum absolute atomic E-state index is 6.56. The standard InChI is InChI=1S/C28H32N4OS2/c29-28-32(23(20-35-28)12-11-21-7-3-1-4-8-21)27-26(33-24-9-5-2-6-10-24)17-25(18-31-27)34-19-22-13-15-30-16-14-22/h1-10,17-18,20,22,28,30H,11-16,19,29H2. The van der Waals surface area contributed by atoms with Crippen molar-refractivity contribution in [3.63, 3.8) is 0 Å². The first-order valence-electron chi connectivity index (χ1n) is 12.3. The van der Waals surface area contributed by atoms with Crippen molar-refractivity contribution >= 4 is 29.3 Å². The Hall–Kier alpha value is -2.45. The van der Waals surface area contributed by atoms with Crippen LogP contribution in [0.5, 0.6) is 11.5 Å². The summed E-state index contributed by atoms with van der Waals surface area (Å²) in [6, 6.07) is 22.6. The summed E-state index contributed by atoms with van der Waals surface area (Å²) >= 11 is 3.50. The minimum absolute atomic E-state index is 0.223. The summed E-state index contributed by atoms with van der Waals surface area (Å²) in [6.07, 6.45) is 6.30. The van der Waals surface area contributed by atoms with Crippen LogP contribution >= 0.6 is 23.5 Å². The second-order valence-corrected chi connectivity index (χ2v) is 11.0. The molecule has 7 heteroatoms. The minimum Gasteiger partial charge on any atom is -0.453 e. The van der Waals surface area contributed by atoms with Crippen LogP contribution < -0.4 is 20.7 Å². The number of ether oxygens (including phenoxy) is 1. The van der Waals surface area contributed by atoms with Gasteiger partial charge in [0.2, 0.25) is 0 Å². The van der Waals surface area contributed by atoms with Gasteiger partial charge >= 0.3 is 0 Å². The van der Waals surface area contributed by atoms with Gasteiger partial charge in [0.15, 0.2) is 11.6 Å². The SMILES string of the molecule is NC1SC=C(CCc2ccccc2)N1c1ncc(SCC2CCNCC2)cc1Oc1ccccc1. The third-order valence-corrected chi connectivity index (χ3v) is 8.46. The zero-order valence-electron chi connectivity index (χ0n) is 19.8. The molecule has 0 amide bonds. The zero-order chi connectivity index (χ0) is 23.9. The van der Waals surface area contributed by atoms with Crippen LogP contribution in [0.25, 0.3) is 0 Å². The molecule has 1 aromatic heterocycles. The van der Waals surface area contributed by atoms with E-state index in [1.54, 1.807) is 11.8 Å². The first kappa shape index (κ1) is 24.3. The molecule has 3 aromatic rings. The summed E-state index contributed by atoms with van der Waals surface area (Å²) < 4.78 is 6.39.